The first-order chi connectivity index (χ1) is 8.08. The monoisotopic (exact) mass is 248 g/mol. The molecule has 0 spiro atoms. The van der Waals surface area contributed by atoms with Gasteiger partial charge in [0, 0.05) is 11.2 Å². The Morgan fingerprint density at radius 2 is 1.88 bits per heavy atom. The lowest BCUT2D eigenvalue weighted by Crippen LogP contribution is -1.97. The molecule has 0 radical (unpaired) electrons. The van der Waals surface area contributed by atoms with Crippen LogP contribution in [-0.2, 0) is 0 Å². The number of hydrogen-bond donors (Lipinski definition) is 1. The van der Waals surface area contributed by atoms with Gasteiger partial charge in [-0.05, 0) is 49.2 Å². The molecule has 17 heavy (non-hydrogen) atoms. The number of nitrogens with two attached hydrogens (primary N) is 1. The molecule has 1 aromatic carbocycles. The molecule has 0 bridgehead atoms. The second-order valence-corrected chi connectivity index (χ2v) is 4.30. The number of aromatic nitrogens is 1. The zero-order chi connectivity index (χ0) is 12.4. The maximum atomic E-state index is 5.96. The third-order valence-electron chi connectivity index (χ3n) is 2.42. The quantitative estimate of drug-likeness (QED) is 0.881. The van der Waals surface area contributed by atoms with Gasteiger partial charge in [-0.1, -0.05) is 11.6 Å². The number of anilines is 1. The summed E-state index contributed by atoms with van der Waals surface area (Å²) in [6.07, 6.45) is 1.65. The van der Waals surface area contributed by atoms with E-state index in [0.717, 1.165) is 16.9 Å². The number of halogens is 1. The number of benzene rings is 1. The summed E-state index contributed by atoms with van der Waals surface area (Å²) < 4.78 is 5.73. The molecule has 2 rings (SSSR count). The van der Waals surface area contributed by atoms with Crippen molar-refractivity contribution in [1.82, 2.24) is 4.98 Å². The van der Waals surface area contributed by atoms with Crippen LogP contribution in [0, 0.1) is 13.8 Å². The predicted octanol–water partition coefficient (Wildman–Crippen LogP) is 3.73. The fourth-order valence-corrected chi connectivity index (χ4v) is 1.97. The van der Waals surface area contributed by atoms with E-state index in [1.165, 1.54) is 0 Å². The Balaban J connectivity index is 2.40. The summed E-state index contributed by atoms with van der Waals surface area (Å²) in [5, 5.41) is 0.696. The highest BCUT2D eigenvalue weighted by Crippen LogP contribution is 2.32. The van der Waals surface area contributed by atoms with Crippen molar-refractivity contribution in [3.63, 3.8) is 0 Å². The molecule has 4 heteroatoms. The first kappa shape index (κ1) is 11.7. The van der Waals surface area contributed by atoms with Gasteiger partial charge in [0.25, 0.3) is 0 Å². The van der Waals surface area contributed by atoms with E-state index < -0.39 is 0 Å². The molecule has 0 amide bonds. The summed E-state index contributed by atoms with van der Waals surface area (Å²) in [7, 11) is 0. The molecule has 0 aliphatic rings. The van der Waals surface area contributed by atoms with E-state index in [0.29, 0.717) is 16.6 Å². The minimum atomic E-state index is 0.418. The van der Waals surface area contributed by atoms with Crippen molar-refractivity contribution in [3.8, 4) is 11.6 Å². The van der Waals surface area contributed by atoms with Gasteiger partial charge >= 0.3 is 0 Å². The summed E-state index contributed by atoms with van der Waals surface area (Å²) in [6.45, 7) is 3.88. The van der Waals surface area contributed by atoms with Crippen LogP contribution in [0.25, 0.3) is 0 Å². The Morgan fingerprint density at radius 1 is 1.24 bits per heavy atom. The van der Waals surface area contributed by atoms with E-state index in [1.54, 1.807) is 18.3 Å². The molecule has 2 aromatic rings. The lowest BCUT2D eigenvalue weighted by Gasteiger charge is -2.12. The van der Waals surface area contributed by atoms with Gasteiger partial charge in [-0.2, -0.15) is 0 Å². The van der Waals surface area contributed by atoms with Crippen molar-refractivity contribution in [3.05, 3.63) is 46.6 Å². The molecular formula is C13H13ClN2O. The van der Waals surface area contributed by atoms with E-state index in [4.69, 9.17) is 22.1 Å². The van der Waals surface area contributed by atoms with Gasteiger partial charge < -0.3 is 10.5 Å². The first-order valence-corrected chi connectivity index (χ1v) is 5.61. The van der Waals surface area contributed by atoms with Crippen LogP contribution in [0.4, 0.5) is 5.69 Å². The lowest BCUT2D eigenvalue weighted by molar-refractivity contribution is 0.458. The molecule has 0 fully saturated rings. The molecule has 88 valence electrons. The summed E-state index contributed by atoms with van der Waals surface area (Å²) >= 11 is 5.96. The SMILES string of the molecule is Cc1cc(Cl)cc(C)c1Oc1ncccc1N. The number of aryl methyl sites for hydroxylation is 2. The number of ether oxygens (including phenoxy) is 1. The Bertz CT molecular complexity index is 532. The van der Waals surface area contributed by atoms with Crippen molar-refractivity contribution in [2.75, 3.05) is 5.73 Å². The minimum absolute atomic E-state index is 0.418. The Labute approximate surface area is 105 Å². The highest BCUT2D eigenvalue weighted by molar-refractivity contribution is 6.30. The fourth-order valence-electron chi connectivity index (χ4n) is 1.64. The largest absolute Gasteiger partial charge is 0.437 e. The van der Waals surface area contributed by atoms with Crippen LogP contribution >= 0.6 is 11.6 Å². The van der Waals surface area contributed by atoms with Crippen LogP contribution in [0.2, 0.25) is 5.02 Å². The third kappa shape index (κ3) is 2.50. The van der Waals surface area contributed by atoms with Gasteiger partial charge in [0.1, 0.15) is 5.75 Å². The molecule has 0 saturated carbocycles. The summed E-state index contributed by atoms with van der Waals surface area (Å²) in [6, 6.07) is 7.22. The zero-order valence-electron chi connectivity index (χ0n) is 9.70. The number of nitrogen functional groups attached to an aromatic ring is 1. The van der Waals surface area contributed by atoms with Gasteiger partial charge in [0.2, 0.25) is 5.88 Å². The van der Waals surface area contributed by atoms with Crippen LogP contribution in [0.3, 0.4) is 0 Å². The first-order valence-electron chi connectivity index (χ1n) is 5.23. The van der Waals surface area contributed by atoms with Gasteiger partial charge in [-0.15, -0.1) is 0 Å². The summed E-state index contributed by atoms with van der Waals surface area (Å²) in [5.41, 5.74) is 8.22. The van der Waals surface area contributed by atoms with E-state index in [9.17, 15) is 0 Å². The fraction of sp³-hybridized carbons (Fsp3) is 0.154. The van der Waals surface area contributed by atoms with E-state index in [2.05, 4.69) is 4.98 Å². The Morgan fingerprint density at radius 3 is 2.47 bits per heavy atom. The molecule has 2 N–H and O–H groups in total. The molecule has 0 aliphatic heterocycles. The van der Waals surface area contributed by atoms with E-state index >= 15 is 0 Å². The number of rotatable bonds is 2. The van der Waals surface area contributed by atoms with E-state index in [1.807, 2.05) is 26.0 Å². The summed E-state index contributed by atoms with van der Waals surface area (Å²) in [4.78, 5) is 4.10. The Hall–Kier alpha value is -1.74. The van der Waals surface area contributed by atoms with Crippen molar-refractivity contribution < 1.29 is 4.74 Å². The molecule has 0 atom stereocenters. The second-order valence-electron chi connectivity index (χ2n) is 3.87. The van der Waals surface area contributed by atoms with Crippen LogP contribution in [0.15, 0.2) is 30.5 Å². The summed E-state index contributed by atoms with van der Waals surface area (Å²) in [5.74, 6) is 1.17. The average Bonchev–Trinajstić information content (AvgIpc) is 2.25. The normalized spacial score (nSPS) is 10.3. The van der Waals surface area contributed by atoms with Crippen LogP contribution < -0.4 is 10.5 Å². The third-order valence-corrected chi connectivity index (χ3v) is 2.64. The molecule has 0 unspecified atom stereocenters. The minimum Gasteiger partial charge on any atom is -0.437 e. The highest BCUT2D eigenvalue weighted by Gasteiger charge is 2.09. The van der Waals surface area contributed by atoms with Gasteiger partial charge in [0.15, 0.2) is 0 Å². The molecule has 1 aromatic heterocycles. The zero-order valence-corrected chi connectivity index (χ0v) is 10.5. The second kappa shape index (κ2) is 4.63. The predicted molar refractivity (Wildman–Crippen MR) is 69.6 cm³/mol. The van der Waals surface area contributed by atoms with Gasteiger partial charge in [-0.3, -0.25) is 0 Å². The van der Waals surface area contributed by atoms with Crippen molar-refractivity contribution in [2.45, 2.75) is 13.8 Å². The smallest absolute Gasteiger partial charge is 0.242 e. The number of hydrogen-bond acceptors (Lipinski definition) is 3. The molecular weight excluding hydrogens is 236 g/mol. The van der Waals surface area contributed by atoms with E-state index in [-0.39, 0.29) is 0 Å². The standard InChI is InChI=1S/C13H13ClN2O/c1-8-6-10(14)7-9(2)12(8)17-13-11(15)4-3-5-16-13/h3-7H,15H2,1-2H3. The van der Waals surface area contributed by atoms with Crippen LogP contribution in [0.1, 0.15) is 11.1 Å². The van der Waals surface area contributed by atoms with Crippen LogP contribution in [-0.4, -0.2) is 4.98 Å². The highest BCUT2D eigenvalue weighted by atomic mass is 35.5. The van der Waals surface area contributed by atoms with Crippen molar-refractivity contribution in [1.29, 1.82) is 0 Å². The van der Waals surface area contributed by atoms with Crippen molar-refractivity contribution in [2.24, 2.45) is 0 Å². The average molecular weight is 249 g/mol. The number of nitrogens with zero attached hydrogens (tertiary/aromatic N) is 1. The molecule has 0 saturated heterocycles. The van der Waals surface area contributed by atoms with Crippen molar-refractivity contribution >= 4 is 17.3 Å². The molecule has 0 aliphatic carbocycles. The van der Waals surface area contributed by atoms with Crippen LogP contribution in [0.5, 0.6) is 11.6 Å². The molecule has 1 heterocycles. The van der Waals surface area contributed by atoms with Gasteiger partial charge in [-0.25, -0.2) is 4.98 Å². The number of pyridine rings is 1. The maximum Gasteiger partial charge on any atom is 0.242 e. The maximum absolute atomic E-state index is 5.96. The Kier molecular flexibility index (Phi) is 3.20. The lowest BCUT2D eigenvalue weighted by atomic mass is 10.1. The van der Waals surface area contributed by atoms with Gasteiger partial charge in [0.05, 0.1) is 5.69 Å². The molecule has 3 nitrogen and oxygen atoms in total. The topological polar surface area (TPSA) is 48.1 Å².